The molecule has 0 aromatic carbocycles. The molecule has 0 radical (unpaired) electrons. The molecule has 0 fully saturated rings. The minimum absolute atomic E-state index is 0.109. The van der Waals surface area contributed by atoms with Crippen molar-refractivity contribution in [3.05, 3.63) is 21.4 Å². The molecule has 1 atom stereocenters. The quantitative estimate of drug-likeness (QED) is 0.818. The molecule has 0 saturated heterocycles. The molecule has 1 amide bonds. The van der Waals surface area contributed by atoms with Crippen LogP contribution in [0.2, 0.25) is 0 Å². The second-order valence-corrected chi connectivity index (χ2v) is 6.04. The molecule has 94 valence electrons. The Hall–Kier alpha value is -0.830. The van der Waals surface area contributed by atoms with Crippen LogP contribution in [-0.2, 0) is 12.8 Å². The Bertz CT molecular complexity index is 373. The van der Waals surface area contributed by atoms with E-state index in [-0.39, 0.29) is 11.9 Å². The monoisotopic (exact) mass is 251 g/mol. The van der Waals surface area contributed by atoms with Crippen molar-refractivity contribution in [2.75, 3.05) is 0 Å². The largest absolute Gasteiger partial charge is 0.349 e. The first-order valence-corrected chi connectivity index (χ1v) is 7.44. The van der Waals surface area contributed by atoms with Crippen LogP contribution in [0.1, 0.15) is 59.6 Å². The van der Waals surface area contributed by atoms with Gasteiger partial charge in [0.1, 0.15) is 0 Å². The van der Waals surface area contributed by atoms with Crippen LogP contribution in [0.3, 0.4) is 0 Å². The molecule has 1 N–H and O–H groups in total. The molecule has 1 aliphatic carbocycles. The van der Waals surface area contributed by atoms with Gasteiger partial charge in [-0.25, -0.2) is 0 Å². The van der Waals surface area contributed by atoms with Gasteiger partial charge in [-0.3, -0.25) is 4.79 Å². The fourth-order valence-corrected chi connectivity index (χ4v) is 3.33. The van der Waals surface area contributed by atoms with E-state index < -0.39 is 0 Å². The van der Waals surface area contributed by atoms with Crippen LogP contribution in [0, 0.1) is 0 Å². The first kappa shape index (κ1) is 12.6. The van der Waals surface area contributed by atoms with Crippen LogP contribution in [0.25, 0.3) is 0 Å². The molecular weight excluding hydrogens is 230 g/mol. The summed E-state index contributed by atoms with van der Waals surface area (Å²) < 4.78 is 0. The van der Waals surface area contributed by atoms with E-state index in [1.54, 1.807) is 11.3 Å². The number of hydrogen-bond donors (Lipinski definition) is 1. The highest BCUT2D eigenvalue weighted by Gasteiger charge is 2.17. The number of nitrogens with one attached hydrogen (secondary N) is 1. The third kappa shape index (κ3) is 3.09. The number of carbonyl (C=O) groups excluding carboxylic acids is 1. The number of amides is 1. The number of carbonyl (C=O) groups is 1. The van der Waals surface area contributed by atoms with Crippen molar-refractivity contribution < 1.29 is 4.79 Å². The fraction of sp³-hybridized carbons (Fsp3) is 0.643. The predicted octanol–water partition coefficient (Wildman–Crippen LogP) is 3.55. The minimum Gasteiger partial charge on any atom is -0.349 e. The molecule has 2 rings (SSSR count). The van der Waals surface area contributed by atoms with Gasteiger partial charge in [0.05, 0.1) is 4.88 Å². The maximum absolute atomic E-state index is 12.0. The smallest absolute Gasteiger partial charge is 0.261 e. The second kappa shape index (κ2) is 5.67. The van der Waals surface area contributed by atoms with Crippen LogP contribution in [0.15, 0.2) is 6.07 Å². The van der Waals surface area contributed by atoms with Crippen molar-refractivity contribution in [3.8, 4) is 0 Å². The Labute approximate surface area is 107 Å². The summed E-state index contributed by atoms with van der Waals surface area (Å²) in [6.45, 7) is 4.14. The average Bonchev–Trinajstić information content (AvgIpc) is 2.61. The van der Waals surface area contributed by atoms with E-state index in [0.29, 0.717) is 0 Å². The van der Waals surface area contributed by atoms with Gasteiger partial charge in [-0.15, -0.1) is 11.3 Å². The van der Waals surface area contributed by atoms with Crippen LogP contribution >= 0.6 is 11.3 Å². The van der Waals surface area contributed by atoms with Crippen molar-refractivity contribution in [1.82, 2.24) is 5.32 Å². The summed E-state index contributed by atoms with van der Waals surface area (Å²) in [4.78, 5) is 14.4. The number of thiophene rings is 1. The third-order valence-corrected chi connectivity index (χ3v) is 4.70. The summed E-state index contributed by atoms with van der Waals surface area (Å²) in [5.74, 6) is 0.109. The van der Waals surface area contributed by atoms with Crippen molar-refractivity contribution in [2.45, 2.75) is 58.4 Å². The van der Waals surface area contributed by atoms with E-state index in [0.717, 1.165) is 24.1 Å². The first-order valence-electron chi connectivity index (χ1n) is 6.63. The lowest BCUT2D eigenvalue weighted by Crippen LogP contribution is -2.31. The van der Waals surface area contributed by atoms with E-state index in [2.05, 4.69) is 25.2 Å². The van der Waals surface area contributed by atoms with Gasteiger partial charge in [0.2, 0.25) is 0 Å². The van der Waals surface area contributed by atoms with Gasteiger partial charge >= 0.3 is 0 Å². The maximum Gasteiger partial charge on any atom is 0.261 e. The maximum atomic E-state index is 12.0. The molecular formula is C14H21NOS. The minimum atomic E-state index is 0.109. The second-order valence-electron chi connectivity index (χ2n) is 4.90. The summed E-state index contributed by atoms with van der Waals surface area (Å²) >= 11 is 1.70. The van der Waals surface area contributed by atoms with Crippen LogP contribution in [0.5, 0.6) is 0 Å². The molecule has 0 saturated carbocycles. The summed E-state index contributed by atoms with van der Waals surface area (Å²) in [5, 5.41) is 3.04. The molecule has 0 bridgehead atoms. The van der Waals surface area contributed by atoms with Crippen molar-refractivity contribution >= 4 is 17.2 Å². The summed E-state index contributed by atoms with van der Waals surface area (Å²) in [6, 6.07) is 2.38. The van der Waals surface area contributed by atoms with Gasteiger partial charge in [0, 0.05) is 10.9 Å². The van der Waals surface area contributed by atoms with E-state index >= 15 is 0 Å². The molecule has 1 aromatic rings. The molecule has 17 heavy (non-hydrogen) atoms. The molecule has 3 heteroatoms. The van der Waals surface area contributed by atoms with Gasteiger partial charge in [-0.1, -0.05) is 13.3 Å². The SMILES string of the molecule is CCC(C)NC(=O)c1cc2c(s1)CCCCC2. The van der Waals surface area contributed by atoms with Crippen molar-refractivity contribution in [3.63, 3.8) is 0 Å². The summed E-state index contributed by atoms with van der Waals surface area (Å²) in [6.07, 6.45) is 7.18. The highest BCUT2D eigenvalue weighted by Crippen LogP contribution is 2.28. The standard InChI is InChI=1S/C14H21NOS/c1-3-10(2)15-14(16)13-9-11-7-5-4-6-8-12(11)17-13/h9-10H,3-8H2,1-2H3,(H,15,16). The van der Waals surface area contributed by atoms with E-state index in [1.165, 1.54) is 29.7 Å². The van der Waals surface area contributed by atoms with Gasteiger partial charge in [-0.2, -0.15) is 0 Å². The van der Waals surface area contributed by atoms with Gasteiger partial charge < -0.3 is 5.32 Å². The number of rotatable bonds is 3. The summed E-state index contributed by atoms with van der Waals surface area (Å²) in [7, 11) is 0. The molecule has 0 spiro atoms. The van der Waals surface area contributed by atoms with Crippen molar-refractivity contribution in [1.29, 1.82) is 0 Å². The Balaban J connectivity index is 2.09. The zero-order valence-electron chi connectivity index (χ0n) is 10.7. The molecule has 1 heterocycles. The lowest BCUT2D eigenvalue weighted by atomic mass is 10.1. The van der Waals surface area contributed by atoms with E-state index in [9.17, 15) is 4.79 Å². The summed E-state index contributed by atoms with van der Waals surface area (Å²) in [5.41, 5.74) is 1.42. The van der Waals surface area contributed by atoms with Crippen LogP contribution in [0.4, 0.5) is 0 Å². The molecule has 1 aromatic heterocycles. The zero-order chi connectivity index (χ0) is 12.3. The Kier molecular flexibility index (Phi) is 4.21. The molecule has 1 unspecified atom stereocenters. The lowest BCUT2D eigenvalue weighted by Gasteiger charge is -2.09. The van der Waals surface area contributed by atoms with Crippen LogP contribution < -0.4 is 5.32 Å². The molecule has 1 aliphatic rings. The average molecular weight is 251 g/mol. The Morgan fingerprint density at radius 2 is 2.18 bits per heavy atom. The van der Waals surface area contributed by atoms with Crippen molar-refractivity contribution in [2.24, 2.45) is 0 Å². The van der Waals surface area contributed by atoms with E-state index in [1.807, 2.05) is 0 Å². The number of fused-ring (bicyclic) bond motifs is 1. The lowest BCUT2D eigenvalue weighted by molar-refractivity contribution is 0.0943. The van der Waals surface area contributed by atoms with Gasteiger partial charge in [-0.05, 0) is 50.7 Å². The normalized spacial score (nSPS) is 17.1. The first-order chi connectivity index (χ1) is 8.20. The highest BCUT2D eigenvalue weighted by molar-refractivity contribution is 7.14. The number of hydrogen-bond acceptors (Lipinski definition) is 2. The third-order valence-electron chi connectivity index (χ3n) is 3.46. The predicted molar refractivity (Wildman–Crippen MR) is 72.8 cm³/mol. The zero-order valence-corrected chi connectivity index (χ0v) is 11.5. The van der Waals surface area contributed by atoms with Gasteiger partial charge in [0.25, 0.3) is 5.91 Å². The molecule has 2 nitrogen and oxygen atoms in total. The fourth-order valence-electron chi connectivity index (χ4n) is 2.18. The van der Waals surface area contributed by atoms with Gasteiger partial charge in [0.15, 0.2) is 0 Å². The Morgan fingerprint density at radius 3 is 2.94 bits per heavy atom. The highest BCUT2D eigenvalue weighted by atomic mass is 32.1. The van der Waals surface area contributed by atoms with Crippen LogP contribution in [-0.4, -0.2) is 11.9 Å². The topological polar surface area (TPSA) is 29.1 Å². The number of aryl methyl sites for hydroxylation is 2. The molecule has 0 aliphatic heterocycles. The Morgan fingerprint density at radius 1 is 1.41 bits per heavy atom. The van der Waals surface area contributed by atoms with E-state index in [4.69, 9.17) is 0 Å².